The number of rotatable bonds is 1. The van der Waals surface area contributed by atoms with Gasteiger partial charge in [-0.1, -0.05) is 17.7 Å². The highest BCUT2D eigenvalue weighted by molar-refractivity contribution is 6.31. The maximum absolute atomic E-state index is 6.04. The van der Waals surface area contributed by atoms with Crippen molar-refractivity contribution in [1.82, 2.24) is 10.3 Å². The molecule has 1 aromatic carbocycles. The van der Waals surface area contributed by atoms with Crippen LogP contribution in [0.2, 0.25) is 5.02 Å². The minimum absolute atomic E-state index is 0.686. The van der Waals surface area contributed by atoms with Crippen LogP contribution in [-0.4, -0.2) is 18.1 Å². The number of halogens is 1. The summed E-state index contributed by atoms with van der Waals surface area (Å²) >= 11 is 6.04. The molecule has 1 aliphatic rings. The lowest BCUT2D eigenvalue weighted by molar-refractivity contribution is 0.461. The lowest BCUT2D eigenvalue weighted by atomic mass is 9.88. The van der Waals surface area contributed by atoms with Crippen LogP contribution >= 0.6 is 11.6 Å². The van der Waals surface area contributed by atoms with Gasteiger partial charge in [0.1, 0.15) is 0 Å². The average molecular weight is 249 g/mol. The number of fused-ring (bicyclic) bond motifs is 1. The fraction of sp³-hybridized carbons (Fsp3) is 0.429. The van der Waals surface area contributed by atoms with Crippen molar-refractivity contribution in [1.29, 1.82) is 0 Å². The van der Waals surface area contributed by atoms with Crippen LogP contribution < -0.4 is 5.32 Å². The van der Waals surface area contributed by atoms with E-state index in [0.29, 0.717) is 5.92 Å². The van der Waals surface area contributed by atoms with Crippen LogP contribution in [0.15, 0.2) is 18.2 Å². The fourth-order valence-corrected chi connectivity index (χ4v) is 3.13. The zero-order chi connectivity index (χ0) is 11.8. The second-order valence-corrected chi connectivity index (χ2v) is 5.31. The Morgan fingerprint density at radius 2 is 2.00 bits per heavy atom. The number of aromatic amines is 1. The van der Waals surface area contributed by atoms with Crippen LogP contribution in [0, 0.1) is 6.92 Å². The second kappa shape index (κ2) is 4.35. The summed E-state index contributed by atoms with van der Waals surface area (Å²) in [5, 5.41) is 5.57. The molecule has 2 nitrogen and oxygen atoms in total. The third-order valence-electron chi connectivity index (χ3n) is 3.75. The van der Waals surface area contributed by atoms with Gasteiger partial charge in [0.05, 0.1) is 0 Å². The van der Waals surface area contributed by atoms with Crippen LogP contribution in [0.4, 0.5) is 0 Å². The molecule has 90 valence electrons. The van der Waals surface area contributed by atoms with Crippen LogP contribution in [0.3, 0.4) is 0 Å². The molecule has 1 saturated heterocycles. The molecule has 0 atom stereocenters. The van der Waals surface area contributed by atoms with E-state index in [1.165, 1.54) is 35.0 Å². The molecule has 0 spiro atoms. The molecule has 2 N–H and O–H groups in total. The van der Waals surface area contributed by atoms with Crippen molar-refractivity contribution in [3.63, 3.8) is 0 Å². The van der Waals surface area contributed by atoms with E-state index in [0.717, 1.165) is 18.1 Å². The lowest BCUT2D eigenvalue weighted by Crippen LogP contribution is -2.26. The zero-order valence-corrected chi connectivity index (χ0v) is 10.8. The number of aryl methyl sites for hydroxylation is 1. The van der Waals surface area contributed by atoms with Gasteiger partial charge in [-0.3, -0.25) is 0 Å². The number of nitrogens with one attached hydrogen (secondary N) is 2. The van der Waals surface area contributed by atoms with Crippen molar-refractivity contribution in [3.8, 4) is 0 Å². The Hall–Kier alpha value is -0.990. The Morgan fingerprint density at radius 1 is 1.24 bits per heavy atom. The first-order valence-corrected chi connectivity index (χ1v) is 6.62. The molecule has 3 heteroatoms. The fourth-order valence-electron chi connectivity index (χ4n) is 2.96. The van der Waals surface area contributed by atoms with Gasteiger partial charge in [0.2, 0.25) is 0 Å². The summed E-state index contributed by atoms with van der Waals surface area (Å²) in [5.41, 5.74) is 3.97. The molecule has 0 unspecified atom stereocenters. The maximum atomic E-state index is 6.04. The summed E-state index contributed by atoms with van der Waals surface area (Å²) in [6.45, 7) is 4.43. The van der Waals surface area contributed by atoms with E-state index < -0.39 is 0 Å². The average Bonchev–Trinajstić information content (AvgIpc) is 2.65. The van der Waals surface area contributed by atoms with Gasteiger partial charge < -0.3 is 10.3 Å². The molecule has 1 aromatic heterocycles. The molecule has 0 amide bonds. The van der Waals surface area contributed by atoms with Crippen LogP contribution in [0.1, 0.15) is 30.0 Å². The summed E-state index contributed by atoms with van der Waals surface area (Å²) < 4.78 is 0. The van der Waals surface area contributed by atoms with Gasteiger partial charge in [-0.25, -0.2) is 0 Å². The van der Waals surface area contributed by atoms with E-state index in [1.807, 2.05) is 12.1 Å². The van der Waals surface area contributed by atoms with Crippen molar-refractivity contribution in [2.45, 2.75) is 25.7 Å². The molecule has 0 aliphatic carbocycles. The van der Waals surface area contributed by atoms with Crippen LogP contribution in [-0.2, 0) is 0 Å². The van der Waals surface area contributed by atoms with E-state index in [4.69, 9.17) is 11.6 Å². The first-order chi connectivity index (χ1) is 8.25. The highest BCUT2D eigenvalue weighted by atomic mass is 35.5. The largest absolute Gasteiger partial charge is 0.358 e. The molecular formula is C14H17ClN2. The highest BCUT2D eigenvalue weighted by Crippen LogP contribution is 2.34. The number of H-pyrrole nitrogens is 1. The summed E-state index contributed by atoms with van der Waals surface area (Å²) in [6.07, 6.45) is 2.47. The van der Waals surface area contributed by atoms with Gasteiger partial charge in [-0.05, 0) is 56.5 Å². The van der Waals surface area contributed by atoms with E-state index in [-0.39, 0.29) is 0 Å². The van der Waals surface area contributed by atoms with Gasteiger partial charge in [-0.2, -0.15) is 0 Å². The van der Waals surface area contributed by atoms with Crippen molar-refractivity contribution in [2.75, 3.05) is 13.1 Å². The minimum Gasteiger partial charge on any atom is -0.358 e. The van der Waals surface area contributed by atoms with Gasteiger partial charge in [0, 0.05) is 21.6 Å². The second-order valence-electron chi connectivity index (χ2n) is 4.88. The number of piperidine rings is 1. The normalized spacial score (nSPS) is 17.8. The van der Waals surface area contributed by atoms with E-state index in [2.05, 4.69) is 23.3 Å². The maximum Gasteiger partial charge on any atom is 0.0473 e. The van der Waals surface area contributed by atoms with Gasteiger partial charge in [0.15, 0.2) is 0 Å². The first kappa shape index (κ1) is 11.1. The first-order valence-electron chi connectivity index (χ1n) is 6.24. The molecule has 3 rings (SSSR count). The smallest absolute Gasteiger partial charge is 0.0473 e. The highest BCUT2D eigenvalue weighted by Gasteiger charge is 2.20. The molecular weight excluding hydrogens is 232 g/mol. The molecule has 17 heavy (non-hydrogen) atoms. The Kier molecular flexibility index (Phi) is 2.85. The predicted octanol–water partition coefficient (Wildman–Crippen LogP) is 3.60. The SMILES string of the molecule is Cc1[nH]c2cc(Cl)ccc2c1C1CCNCC1. The van der Waals surface area contributed by atoms with Crippen molar-refractivity contribution in [3.05, 3.63) is 34.5 Å². The quantitative estimate of drug-likeness (QED) is 0.793. The standard InChI is InChI=1S/C14H17ClN2/c1-9-14(10-4-6-16-7-5-10)12-3-2-11(15)8-13(12)17-9/h2-3,8,10,16-17H,4-7H2,1H3. The van der Waals surface area contributed by atoms with E-state index in [9.17, 15) is 0 Å². The van der Waals surface area contributed by atoms with Crippen LogP contribution in [0.25, 0.3) is 10.9 Å². The van der Waals surface area contributed by atoms with E-state index in [1.54, 1.807) is 0 Å². The monoisotopic (exact) mass is 248 g/mol. The molecule has 0 bridgehead atoms. The van der Waals surface area contributed by atoms with Gasteiger partial charge >= 0.3 is 0 Å². The van der Waals surface area contributed by atoms with E-state index >= 15 is 0 Å². The molecule has 1 aliphatic heterocycles. The van der Waals surface area contributed by atoms with Gasteiger partial charge in [0.25, 0.3) is 0 Å². The topological polar surface area (TPSA) is 27.8 Å². The summed E-state index contributed by atoms with van der Waals surface area (Å²) in [4.78, 5) is 3.46. The number of aromatic nitrogens is 1. The number of hydrogen-bond donors (Lipinski definition) is 2. The Balaban J connectivity index is 2.11. The molecule has 0 saturated carbocycles. The molecule has 1 fully saturated rings. The molecule has 2 heterocycles. The van der Waals surface area contributed by atoms with Crippen molar-refractivity contribution < 1.29 is 0 Å². The summed E-state index contributed by atoms with van der Waals surface area (Å²) in [5.74, 6) is 0.686. The summed E-state index contributed by atoms with van der Waals surface area (Å²) in [7, 11) is 0. The van der Waals surface area contributed by atoms with Crippen LogP contribution in [0.5, 0.6) is 0 Å². The van der Waals surface area contributed by atoms with Crippen molar-refractivity contribution >= 4 is 22.5 Å². The predicted molar refractivity (Wildman–Crippen MR) is 72.9 cm³/mol. The zero-order valence-electron chi connectivity index (χ0n) is 10.0. The summed E-state index contributed by atoms with van der Waals surface area (Å²) in [6, 6.07) is 6.16. The van der Waals surface area contributed by atoms with Crippen molar-refractivity contribution in [2.24, 2.45) is 0 Å². The lowest BCUT2D eigenvalue weighted by Gasteiger charge is -2.23. The third kappa shape index (κ3) is 1.96. The Morgan fingerprint density at radius 3 is 2.76 bits per heavy atom. The Labute approximate surface area is 106 Å². The minimum atomic E-state index is 0.686. The molecule has 0 radical (unpaired) electrons. The Bertz CT molecular complexity index is 538. The number of hydrogen-bond acceptors (Lipinski definition) is 1. The number of benzene rings is 1. The van der Waals surface area contributed by atoms with Gasteiger partial charge in [-0.15, -0.1) is 0 Å². The third-order valence-corrected chi connectivity index (χ3v) is 3.98. The molecule has 2 aromatic rings.